The normalized spacial score (nSPS) is 11.2. The van der Waals surface area contributed by atoms with Gasteiger partial charge in [0, 0.05) is 0 Å². The van der Waals surface area contributed by atoms with Crippen LogP contribution in [0.1, 0.15) is 147 Å². The SMILES string of the molecule is CCCCCCCCCCCCOS(=O)(=O)O.CCCCCCCCCCCCOS(=O)(=O)c1ccccc1.[Ca+2].[H-].[H-].[H-].[Na+]. The quantitative estimate of drug-likeness (QED) is 0.0595. The molecule has 11 heteroatoms. The maximum absolute atomic E-state index is 11.9. The van der Waals surface area contributed by atoms with Crippen LogP contribution >= 0.6 is 0 Å². The van der Waals surface area contributed by atoms with E-state index in [0.29, 0.717) is 6.42 Å². The minimum absolute atomic E-state index is 0. The summed E-state index contributed by atoms with van der Waals surface area (Å²) in [7, 11) is -7.80. The first-order valence-electron chi connectivity index (χ1n) is 15.3. The van der Waals surface area contributed by atoms with E-state index in [1.54, 1.807) is 30.3 Å². The molecule has 0 saturated heterocycles. The van der Waals surface area contributed by atoms with Crippen LogP contribution in [0.4, 0.5) is 0 Å². The molecule has 0 aliphatic carbocycles. The number of hydrogen-bond donors (Lipinski definition) is 1. The zero-order chi connectivity index (χ0) is 29.1. The van der Waals surface area contributed by atoms with Crippen LogP contribution in [0.3, 0.4) is 0 Å². The molecule has 1 N–H and O–H groups in total. The van der Waals surface area contributed by atoms with E-state index in [0.717, 1.165) is 25.7 Å². The van der Waals surface area contributed by atoms with Crippen molar-refractivity contribution >= 4 is 58.3 Å². The fraction of sp³-hybridized carbons (Fsp3) is 0.800. The monoisotopic (exact) mass is 658 g/mol. The minimum Gasteiger partial charge on any atom is -1.00 e. The number of rotatable bonds is 25. The molecule has 1 aromatic carbocycles. The smallest absolute Gasteiger partial charge is 1.00 e. The van der Waals surface area contributed by atoms with Crippen molar-refractivity contribution in [2.24, 2.45) is 0 Å². The van der Waals surface area contributed by atoms with E-state index in [1.807, 2.05) is 0 Å². The molecule has 0 unspecified atom stereocenters. The molecule has 0 aromatic heterocycles. The van der Waals surface area contributed by atoms with E-state index in [-0.39, 0.29) is 89.7 Å². The first kappa shape index (κ1) is 46.7. The van der Waals surface area contributed by atoms with Gasteiger partial charge in [-0.2, -0.15) is 16.8 Å². The third kappa shape index (κ3) is 34.0. The molecule has 0 spiro atoms. The molecule has 0 aliphatic heterocycles. The van der Waals surface area contributed by atoms with Crippen LogP contribution in [0, 0.1) is 0 Å². The second kappa shape index (κ2) is 32.6. The van der Waals surface area contributed by atoms with Gasteiger partial charge >= 0.3 is 77.7 Å². The zero-order valence-electron chi connectivity index (χ0n) is 29.4. The van der Waals surface area contributed by atoms with Gasteiger partial charge in [-0.05, 0) is 25.0 Å². The predicted octanol–water partition coefficient (Wildman–Crippen LogP) is 6.00. The molecule has 0 atom stereocenters. The van der Waals surface area contributed by atoms with Gasteiger partial charge in [-0.15, -0.1) is 0 Å². The van der Waals surface area contributed by atoms with E-state index in [4.69, 9.17) is 8.74 Å². The summed E-state index contributed by atoms with van der Waals surface area (Å²) in [5.74, 6) is 0. The topological polar surface area (TPSA) is 107 Å². The van der Waals surface area contributed by atoms with E-state index < -0.39 is 20.5 Å². The molecule has 1 rings (SSSR count). The van der Waals surface area contributed by atoms with Gasteiger partial charge in [0.25, 0.3) is 10.1 Å². The van der Waals surface area contributed by atoms with Crippen LogP contribution in [0.2, 0.25) is 0 Å². The second-order valence-electron chi connectivity index (χ2n) is 10.2. The summed E-state index contributed by atoms with van der Waals surface area (Å²) in [5.41, 5.74) is 0. The summed E-state index contributed by atoms with van der Waals surface area (Å²) in [6.45, 7) is 4.83. The van der Waals surface area contributed by atoms with E-state index in [9.17, 15) is 16.8 Å². The summed E-state index contributed by atoms with van der Waals surface area (Å²) < 4.78 is 61.8. The van der Waals surface area contributed by atoms with Crippen molar-refractivity contribution in [3.05, 3.63) is 30.3 Å². The third-order valence-corrected chi connectivity index (χ3v) is 8.29. The molecule has 0 radical (unpaired) electrons. The molecule has 0 aliphatic rings. The Bertz CT molecular complexity index is 886. The van der Waals surface area contributed by atoms with Crippen molar-refractivity contribution in [1.82, 2.24) is 0 Å². The van der Waals surface area contributed by atoms with Crippen molar-refractivity contribution in [2.75, 3.05) is 13.2 Å². The molecule has 0 heterocycles. The molecule has 7 nitrogen and oxygen atoms in total. The van der Waals surface area contributed by atoms with Gasteiger partial charge in [0.2, 0.25) is 0 Å². The van der Waals surface area contributed by atoms with Crippen LogP contribution in [0.5, 0.6) is 0 Å². The summed E-state index contributed by atoms with van der Waals surface area (Å²) >= 11 is 0. The fourth-order valence-electron chi connectivity index (χ4n) is 4.17. The van der Waals surface area contributed by atoms with Crippen molar-refractivity contribution in [2.45, 2.75) is 147 Å². The van der Waals surface area contributed by atoms with Crippen LogP contribution < -0.4 is 29.6 Å². The Morgan fingerprint density at radius 3 is 1.22 bits per heavy atom. The van der Waals surface area contributed by atoms with E-state index >= 15 is 0 Å². The van der Waals surface area contributed by atoms with Gasteiger partial charge in [-0.25, -0.2) is 4.18 Å². The number of hydrogen-bond acceptors (Lipinski definition) is 6. The Morgan fingerprint density at radius 1 is 0.561 bits per heavy atom. The van der Waals surface area contributed by atoms with Gasteiger partial charge in [0.15, 0.2) is 0 Å². The van der Waals surface area contributed by atoms with Crippen LogP contribution in [0.25, 0.3) is 0 Å². The second-order valence-corrected chi connectivity index (χ2v) is 12.9. The molecular weight excluding hydrogens is 600 g/mol. The molecule has 0 bridgehead atoms. The van der Waals surface area contributed by atoms with E-state index in [1.165, 1.54) is 96.3 Å². The van der Waals surface area contributed by atoms with Gasteiger partial charge in [-0.1, -0.05) is 148 Å². The summed E-state index contributed by atoms with van der Waals surface area (Å²) in [4.78, 5) is 0.238. The number of benzene rings is 1. The largest absolute Gasteiger partial charge is 2.00 e. The fourth-order valence-corrected chi connectivity index (χ4v) is 5.46. The Balaban J connectivity index is -0.000000151. The van der Waals surface area contributed by atoms with Crippen LogP contribution in [0.15, 0.2) is 35.2 Å². The zero-order valence-corrected chi connectivity index (χ0v) is 32.2. The maximum Gasteiger partial charge on any atom is 2.00 e. The first-order chi connectivity index (χ1) is 18.7. The molecule has 236 valence electrons. The predicted molar refractivity (Wildman–Crippen MR) is 170 cm³/mol. The van der Waals surface area contributed by atoms with Crippen molar-refractivity contribution < 1.29 is 63.6 Å². The minimum atomic E-state index is -4.23. The van der Waals surface area contributed by atoms with Gasteiger partial charge < -0.3 is 4.28 Å². The maximum atomic E-state index is 11.9. The van der Waals surface area contributed by atoms with Gasteiger partial charge in [-0.3, -0.25) is 8.74 Å². The van der Waals surface area contributed by atoms with Crippen LogP contribution in [-0.2, 0) is 28.9 Å². The first-order valence-corrected chi connectivity index (χ1v) is 18.1. The van der Waals surface area contributed by atoms with Crippen molar-refractivity contribution in [3.63, 3.8) is 0 Å². The van der Waals surface area contributed by atoms with Crippen molar-refractivity contribution in [3.8, 4) is 0 Å². The van der Waals surface area contributed by atoms with Crippen LogP contribution in [-0.4, -0.2) is 72.3 Å². The summed E-state index contributed by atoms with van der Waals surface area (Å²) in [6, 6.07) is 8.33. The Hall–Kier alpha value is 1.26. The van der Waals surface area contributed by atoms with E-state index in [2.05, 4.69) is 18.0 Å². The Morgan fingerprint density at radius 2 is 0.878 bits per heavy atom. The third-order valence-electron chi connectivity index (χ3n) is 6.50. The molecule has 41 heavy (non-hydrogen) atoms. The average molecular weight is 659 g/mol. The van der Waals surface area contributed by atoms with Crippen molar-refractivity contribution in [1.29, 1.82) is 0 Å². The molecular formula is C30H59CaNaO7S2. The number of unbranched alkanes of at least 4 members (excludes halogenated alkanes) is 18. The van der Waals surface area contributed by atoms with Gasteiger partial charge in [0.05, 0.1) is 18.1 Å². The Labute approximate surface area is 309 Å². The molecule has 0 fully saturated rings. The molecule has 1 aromatic rings. The Kier molecular flexibility index (Phi) is 37.2. The summed E-state index contributed by atoms with van der Waals surface area (Å²) in [6.07, 6.45) is 24.1. The average Bonchev–Trinajstić information content (AvgIpc) is 2.90. The standard InChI is InChI=1S/C18H30O3S.C12H26O4S.Ca.Na.3H/c1-2-3-4-5-6-7-8-9-10-14-17-21-22(19,20)18-15-12-11-13-16-18;1-2-3-4-5-6-7-8-9-10-11-12-16-17(13,14)15;;;;;/h11-13,15-16H,2-10,14,17H2,1H3;2-12H2,1H3,(H,13,14,15);;;;;/q;;+2;+1;3*-1. The summed E-state index contributed by atoms with van der Waals surface area (Å²) in [5, 5.41) is 0. The van der Waals surface area contributed by atoms with Gasteiger partial charge in [0.1, 0.15) is 0 Å². The molecule has 0 saturated carbocycles. The molecule has 0 amide bonds.